The maximum absolute atomic E-state index is 12.7. The molecule has 0 spiro atoms. The number of methoxy groups -OCH3 is 1. The lowest BCUT2D eigenvalue weighted by Gasteiger charge is -2.37. The van der Waals surface area contributed by atoms with Crippen LogP contribution in [0.5, 0.6) is 5.75 Å². The highest BCUT2D eigenvalue weighted by molar-refractivity contribution is 6.33. The Morgan fingerprint density at radius 2 is 1.50 bits per heavy atom. The highest BCUT2D eigenvalue weighted by Gasteiger charge is 2.23. The number of piperazine rings is 1. The van der Waals surface area contributed by atoms with E-state index < -0.39 is 0 Å². The summed E-state index contributed by atoms with van der Waals surface area (Å²) in [6, 6.07) is 17.3. The third-order valence-electron chi connectivity index (χ3n) is 4.95. The maximum Gasteiger partial charge on any atom is 0.292 e. The van der Waals surface area contributed by atoms with Crippen LogP contribution in [-0.4, -0.2) is 43.1 Å². The van der Waals surface area contributed by atoms with E-state index in [9.17, 15) is 4.79 Å². The molecule has 2 aromatic carbocycles. The van der Waals surface area contributed by atoms with Crippen molar-refractivity contribution in [1.29, 1.82) is 0 Å². The number of rotatable bonds is 4. The Bertz CT molecular complexity index is 1010. The summed E-state index contributed by atoms with van der Waals surface area (Å²) in [5.74, 6) is 0.862. The second kappa shape index (κ2) is 7.94. The van der Waals surface area contributed by atoms with Gasteiger partial charge < -0.3 is 14.5 Å². The third kappa shape index (κ3) is 3.43. The van der Waals surface area contributed by atoms with Crippen molar-refractivity contribution in [2.45, 2.75) is 0 Å². The molecule has 1 aromatic heterocycles. The van der Waals surface area contributed by atoms with Gasteiger partial charge >= 0.3 is 0 Å². The lowest BCUT2D eigenvalue weighted by Crippen LogP contribution is -2.47. The quantitative estimate of drug-likeness (QED) is 0.677. The minimum Gasteiger partial charge on any atom is -0.495 e. The van der Waals surface area contributed by atoms with Gasteiger partial charge in [-0.1, -0.05) is 41.9 Å². The molecule has 0 amide bonds. The number of hydrogen-bond donors (Lipinski definition) is 0. The number of para-hydroxylation sites is 3. The van der Waals surface area contributed by atoms with E-state index in [1.54, 1.807) is 13.3 Å². The lowest BCUT2D eigenvalue weighted by molar-refractivity contribution is 0.413. The van der Waals surface area contributed by atoms with Crippen LogP contribution in [0.15, 0.2) is 65.6 Å². The molecule has 3 aromatic rings. The first-order chi connectivity index (χ1) is 13.7. The van der Waals surface area contributed by atoms with Crippen LogP contribution in [0.25, 0.3) is 5.69 Å². The molecule has 1 aliphatic heterocycles. The van der Waals surface area contributed by atoms with E-state index in [0.29, 0.717) is 11.4 Å². The summed E-state index contributed by atoms with van der Waals surface area (Å²) < 4.78 is 6.80. The van der Waals surface area contributed by atoms with Gasteiger partial charge in [0.15, 0.2) is 0 Å². The van der Waals surface area contributed by atoms with E-state index in [0.717, 1.165) is 37.6 Å². The minimum atomic E-state index is -0.308. The van der Waals surface area contributed by atoms with Gasteiger partial charge in [0.25, 0.3) is 5.56 Å². The first-order valence-corrected chi connectivity index (χ1v) is 9.53. The van der Waals surface area contributed by atoms with Crippen LogP contribution in [0.3, 0.4) is 0 Å². The molecular weight excluding hydrogens is 376 g/mol. The molecule has 144 valence electrons. The Balaban J connectivity index is 1.54. The van der Waals surface area contributed by atoms with Gasteiger partial charge in [-0.3, -0.25) is 4.79 Å². The number of hydrogen-bond acceptors (Lipinski definition) is 5. The number of halogens is 1. The molecule has 1 saturated heterocycles. The second-order valence-electron chi connectivity index (χ2n) is 6.54. The second-order valence-corrected chi connectivity index (χ2v) is 6.92. The van der Waals surface area contributed by atoms with Crippen LogP contribution in [0, 0.1) is 0 Å². The van der Waals surface area contributed by atoms with Gasteiger partial charge in [0.1, 0.15) is 10.8 Å². The van der Waals surface area contributed by atoms with Crippen molar-refractivity contribution in [1.82, 2.24) is 9.78 Å². The van der Waals surface area contributed by atoms with Crippen LogP contribution in [0.4, 0.5) is 11.4 Å². The highest BCUT2D eigenvalue weighted by atomic mass is 35.5. The standard InChI is InChI=1S/C21H21ClN4O2/c1-28-19-10-6-5-9-17(19)24-11-13-25(14-12-24)18-15-23-26(21(27)20(18)22)16-7-3-2-4-8-16/h2-10,15H,11-14H2,1H3. The van der Waals surface area contributed by atoms with Gasteiger partial charge in [-0.25, -0.2) is 0 Å². The topological polar surface area (TPSA) is 50.6 Å². The Morgan fingerprint density at radius 1 is 0.893 bits per heavy atom. The number of benzene rings is 2. The van der Waals surface area contributed by atoms with E-state index >= 15 is 0 Å². The Morgan fingerprint density at radius 3 is 2.18 bits per heavy atom. The Kier molecular flexibility index (Phi) is 5.21. The van der Waals surface area contributed by atoms with Gasteiger partial charge in [0.05, 0.1) is 30.4 Å². The highest BCUT2D eigenvalue weighted by Crippen LogP contribution is 2.30. The fourth-order valence-electron chi connectivity index (χ4n) is 3.48. The van der Waals surface area contributed by atoms with Gasteiger partial charge in [0.2, 0.25) is 0 Å². The van der Waals surface area contributed by atoms with Crippen molar-refractivity contribution in [2.75, 3.05) is 43.1 Å². The van der Waals surface area contributed by atoms with Crippen molar-refractivity contribution >= 4 is 23.0 Å². The Hall–Kier alpha value is -2.99. The van der Waals surface area contributed by atoms with Crippen LogP contribution < -0.4 is 20.1 Å². The number of anilines is 2. The molecule has 0 aliphatic carbocycles. The maximum atomic E-state index is 12.7. The average Bonchev–Trinajstić information content (AvgIpc) is 2.76. The zero-order valence-electron chi connectivity index (χ0n) is 15.6. The number of nitrogens with zero attached hydrogens (tertiary/aromatic N) is 4. The van der Waals surface area contributed by atoms with Gasteiger partial charge in [-0.15, -0.1) is 0 Å². The van der Waals surface area contributed by atoms with Gasteiger partial charge in [0, 0.05) is 26.2 Å². The number of aromatic nitrogens is 2. The molecular formula is C21H21ClN4O2. The van der Waals surface area contributed by atoms with Crippen molar-refractivity contribution in [2.24, 2.45) is 0 Å². The molecule has 6 nitrogen and oxygen atoms in total. The molecule has 7 heteroatoms. The van der Waals surface area contributed by atoms with E-state index in [4.69, 9.17) is 16.3 Å². The number of ether oxygens (including phenoxy) is 1. The summed E-state index contributed by atoms with van der Waals surface area (Å²) in [7, 11) is 1.68. The van der Waals surface area contributed by atoms with Crippen molar-refractivity contribution in [3.63, 3.8) is 0 Å². The summed E-state index contributed by atoms with van der Waals surface area (Å²) in [6.45, 7) is 3.10. The van der Waals surface area contributed by atoms with Crippen LogP contribution >= 0.6 is 11.6 Å². The van der Waals surface area contributed by atoms with Crippen molar-refractivity contribution in [3.05, 3.63) is 76.2 Å². The average molecular weight is 397 g/mol. The molecule has 1 fully saturated rings. The van der Waals surface area contributed by atoms with E-state index in [2.05, 4.69) is 21.0 Å². The first-order valence-electron chi connectivity index (χ1n) is 9.15. The fraction of sp³-hybridized carbons (Fsp3) is 0.238. The predicted octanol–water partition coefficient (Wildman–Crippen LogP) is 3.22. The zero-order valence-corrected chi connectivity index (χ0v) is 16.3. The molecule has 0 saturated carbocycles. The summed E-state index contributed by atoms with van der Waals surface area (Å²) in [4.78, 5) is 17.1. The molecule has 28 heavy (non-hydrogen) atoms. The molecule has 0 bridgehead atoms. The van der Waals surface area contributed by atoms with E-state index in [1.165, 1.54) is 4.68 Å². The Labute approximate surface area is 168 Å². The summed E-state index contributed by atoms with van der Waals surface area (Å²) in [5.41, 5.74) is 2.14. The van der Waals surface area contributed by atoms with Crippen LogP contribution in [-0.2, 0) is 0 Å². The molecule has 2 heterocycles. The fourth-order valence-corrected chi connectivity index (χ4v) is 3.73. The van der Waals surface area contributed by atoms with E-state index in [1.807, 2.05) is 48.5 Å². The summed E-state index contributed by atoms with van der Waals surface area (Å²) in [5, 5.41) is 4.53. The van der Waals surface area contributed by atoms with Gasteiger partial charge in [-0.05, 0) is 24.3 Å². The molecule has 4 rings (SSSR count). The first kappa shape index (κ1) is 18.4. The minimum absolute atomic E-state index is 0.199. The molecule has 0 unspecified atom stereocenters. The molecule has 0 atom stereocenters. The van der Waals surface area contributed by atoms with E-state index in [-0.39, 0.29) is 10.6 Å². The van der Waals surface area contributed by atoms with Gasteiger partial charge in [-0.2, -0.15) is 9.78 Å². The lowest BCUT2D eigenvalue weighted by atomic mass is 10.2. The largest absolute Gasteiger partial charge is 0.495 e. The molecule has 0 N–H and O–H groups in total. The van der Waals surface area contributed by atoms with Crippen molar-refractivity contribution in [3.8, 4) is 11.4 Å². The normalized spacial score (nSPS) is 14.2. The summed E-state index contributed by atoms with van der Waals surface area (Å²) >= 11 is 6.43. The third-order valence-corrected chi connectivity index (χ3v) is 5.30. The molecule has 1 aliphatic rings. The SMILES string of the molecule is COc1ccccc1N1CCN(c2cnn(-c3ccccc3)c(=O)c2Cl)CC1. The smallest absolute Gasteiger partial charge is 0.292 e. The summed E-state index contributed by atoms with van der Waals surface area (Å²) in [6.07, 6.45) is 1.68. The van der Waals surface area contributed by atoms with Crippen molar-refractivity contribution < 1.29 is 4.74 Å². The monoisotopic (exact) mass is 396 g/mol. The van der Waals surface area contributed by atoms with Crippen LogP contribution in [0.2, 0.25) is 5.02 Å². The zero-order chi connectivity index (χ0) is 19.5. The predicted molar refractivity (Wildman–Crippen MR) is 112 cm³/mol. The molecule has 0 radical (unpaired) electrons. The van der Waals surface area contributed by atoms with Crippen LogP contribution in [0.1, 0.15) is 0 Å².